The highest BCUT2D eigenvalue weighted by atomic mass is 79.9. The van der Waals surface area contributed by atoms with E-state index in [1.807, 2.05) is 0 Å². The van der Waals surface area contributed by atoms with Gasteiger partial charge in [0.1, 0.15) is 5.75 Å². The minimum Gasteiger partial charge on any atom is -0.492 e. The van der Waals surface area contributed by atoms with E-state index in [0.29, 0.717) is 34.0 Å². The van der Waals surface area contributed by atoms with Crippen LogP contribution in [0.15, 0.2) is 46.9 Å². The molecule has 0 unspecified atom stereocenters. The van der Waals surface area contributed by atoms with E-state index in [-0.39, 0.29) is 16.6 Å². The maximum Gasteiger partial charge on any atom is 0.257 e. The molecule has 27 heavy (non-hydrogen) atoms. The normalized spacial score (nSPS) is 10.4. The minimum atomic E-state index is -0.590. The van der Waals surface area contributed by atoms with Gasteiger partial charge in [-0.25, -0.2) is 0 Å². The van der Waals surface area contributed by atoms with Crippen molar-refractivity contribution in [1.82, 2.24) is 5.32 Å². The van der Waals surface area contributed by atoms with Crippen LogP contribution in [0.5, 0.6) is 5.75 Å². The highest BCUT2D eigenvalue weighted by molar-refractivity contribution is 9.10. The Bertz CT molecular complexity index is 871. The Morgan fingerprint density at radius 1 is 1.22 bits per heavy atom. The Kier molecular flexibility index (Phi) is 7.32. The summed E-state index contributed by atoms with van der Waals surface area (Å²) >= 11 is 8.56. The number of primary amides is 1. The van der Waals surface area contributed by atoms with Gasteiger partial charge in [0.15, 0.2) is 5.11 Å². The molecule has 2 aromatic rings. The second-order valence-electron chi connectivity index (χ2n) is 6.17. The van der Waals surface area contributed by atoms with E-state index in [9.17, 15) is 9.59 Å². The maximum atomic E-state index is 12.4. The van der Waals surface area contributed by atoms with E-state index < -0.39 is 5.91 Å². The van der Waals surface area contributed by atoms with Crippen LogP contribution in [0, 0.1) is 5.92 Å². The van der Waals surface area contributed by atoms with Gasteiger partial charge in [-0.1, -0.05) is 26.0 Å². The molecule has 0 aliphatic rings. The quantitative estimate of drug-likeness (QED) is 0.584. The van der Waals surface area contributed by atoms with Gasteiger partial charge < -0.3 is 15.8 Å². The molecule has 0 aliphatic heterocycles. The fourth-order valence-corrected chi connectivity index (χ4v) is 2.85. The van der Waals surface area contributed by atoms with Crippen molar-refractivity contribution in [3.63, 3.8) is 0 Å². The van der Waals surface area contributed by atoms with Crippen molar-refractivity contribution in [3.8, 4) is 5.75 Å². The van der Waals surface area contributed by atoms with Crippen LogP contribution >= 0.6 is 28.1 Å². The first-order valence-corrected chi connectivity index (χ1v) is 9.41. The van der Waals surface area contributed by atoms with Crippen LogP contribution in [0.4, 0.5) is 5.69 Å². The minimum absolute atomic E-state index is 0.0601. The van der Waals surface area contributed by atoms with Crippen LogP contribution in [0.1, 0.15) is 34.6 Å². The number of carbonyl (C=O) groups excluding carboxylic acids is 2. The van der Waals surface area contributed by atoms with Gasteiger partial charge in [-0.05, 0) is 64.4 Å². The van der Waals surface area contributed by atoms with Crippen molar-refractivity contribution < 1.29 is 14.3 Å². The highest BCUT2D eigenvalue weighted by Gasteiger charge is 2.13. The van der Waals surface area contributed by atoms with Gasteiger partial charge >= 0.3 is 0 Å². The first-order valence-electron chi connectivity index (χ1n) is 8.21. The lowest BCUT2D eigenvalue weighted by molar-refractivity contribution is 0.0975. The van der Waals surface area contributed by atoms with Crippen LogP contribution in [-0.4, -0.2) is 23.5 Å². The van der Waals surface area contributed by atoms with Crippen molar-refractivity contribution in [1.29, 1.82) is 0 Å². The molecule has 0 saturated carbocycles. The SMILES string of the molecule is CC(C)COc1ccc(C(=O)NC(=S)Nc2ccccc2C(N)=O)cc1Br. The fraction of sp³-hybridized carbons (Fsp3) is 0.211. The molecule has 0 heterocycles. The summed E-state index contributed by atoms with van der Waals surface area (Å²) in [6.45, 7) is 4.69. The molecule has 2 amide bonds. The Hall–Kier alpha value is -2.45. The number of carbonyl (C=O) groups is 2. The summed E-state index contributed by atoms with van der Waals surface area (Å²) in [5, 5.41) is 5.45. The first kappa shape index (κ1) is 20.9. The van der Waals surface area contributed by atoms with Crippen molar-refractivity contribution in [2.45, 2.75) is 13.8 Å². The van der Waals surface area contributed by atoms with Crippen LogP contribution in [0.25, 0.3) is 0 Å². The lowest BCUT2D eigenvalue weighted by Gasteiger charge is -2.13. The van der Waals surface area contributed by atoms with Gasteiger partial charge in [-0.3, -0.25) is 14.9 Å². The predicted molar refractivity (Wildman–Crippen MR) is 113 cm³/mol. The molecule has 0 aliphatic carbocycles. The number of benzene rings is 2. The molecule has 0 radical (unpaired) electrons. The number of anilines is 1. The Labute approximate surface area is 171 Å². The van der Waals surface area contributed by atoms with Crippen LogP contribution in [-0.2, 0) is 0 Å². The van der Waals surface area contributed by atoms with Crippen molar-refractivity contribution >= 4 is 50.8 Å². The molecule has 0 bridgehead atoms. The van der Waals surface area contributed by atoms with E-state index in [1.165, 1.54) is 0 Å². The number of halogens is 1. The van der Waals surface area contributed by atoms with Crippen molar-refractivity contribution in [2.75, 3.05) is 11.9 Å². The molecule has 0 saturated heterocycles. The summed E-state index contributed by atoms with van der Waals surface area (Å²) in [7, 11) is 0. The second kappa shape index (κ2) is 9.48. The molecule has 0 atom stereocenters. The number of rotatable bonds is 6. The van der Waals surface area contributed by atoms with Gasteiger partial charge in [0.2, 0.25) is 0 Å². The standard InChI is InChI=1S/C19H20BrN3O3S/c1-11(2)10-26-16-8-7-12(9-14(16)20)18(25)23-19(27)22-15-6-4-3-5-13(15)17(21)24/h3-9,11H,10H2,1-2H3,(H2,21,24)(H2,22,23,25,27). The van der Waals surface area contributed by atoms with Gasteiger partial charge in [-0.2, -0.15) is 0 Å². The zero-order chi connectivity index (χ0) is 20.0. The van der Waals surface area contributed by atoms with Gasteiger partial charge in [0, 0.05) is 5.56 Å². The number of thiocarbonyl (C=S) groups is 1. The third-order valence-electron chi connectivity index (χ3n) is 3.43. The van der Waals surface area contributed by atoms with Crippen molar-refractivity contribution in [2.24, 2.45) is 11.7 Å². The van der Waals surface area contributed by atoms with E-state index >= 15 is 0 Å². The molecule has 0 aromatic heterocycles. The highest BCUT2D eigenvalue weighted by Crippen LogP contribution is 2.26. The smallest absolute Gasteiger partial charge is 0.257 e. The Morgan fingerprint density at radius 2 is 1.93 bits per heavy atom. The molecular weight excluding hydrogens is 430 g/mol. The Morgan fingerprint density at radius 3 is 2.56 bits per heavy atom. The molecule has 2 rings (SSSR count). The molecule has 8 heteroatoms. The fourth-order valence-electron chi connectivity index (χ4n) is 2.15. The molecule has 2 aromatic carbocycles. The summed E-state index contributed by atoms with van der Waals surface area (Å²) in [5.74, 6) is 0.0799. The molecule has 142 valence electrons. The van der Waals surface area contributed by atoms with E-state index in [0.717, 1.165) is 0 Å². The van der Waals surface area contributed by atoms with E-state index in [4.69, 9.17) is 22.7 Å². The van der Waals surface area contributed by atoms with Gasteiger partial charge in [0.05, 0.1) is 22.3 Å². The summed E-state index contributed by atoms with van der Waals surface area (Å²) in [5.41, 5.74) is 6.44. The van der Waals surface area contributed by atoms with Crippen LogP contribution < -0.4 is 21.1 Å². The summed E-state index contributed by atoms with van der Waals surface area (Å²) in [4.78, 5) is 23.8. The zero-order valence-corrected chi connectivity index (χ0v) is 17.3. The molecule has 0 spiro atoms. The number of nitrogens with two attached hydrogens (primary N) is 1. The molecule has 6 nitrogen and oxygen atoms in total. The van der Waals surface area contributed by atoms with E-state index in [1.54, 1.807) is 42.5 Å². The van der Waals surface area contributed by atoms with Crippen molar-refractivity contribution in [3.05, 3.63) is 58.1 Å². The van der Waals surface area contributed by atoms with Gasteiger partial charge in [-0.15, -0.1) is 0 Å². The number of hydrogen-bond acceptors (Lipinski definition) is 4. The number of ether oxygens (including phenoxy) is 1. The lowest BCUT2D eigenvalue weighted by atomic mass is 10.1. The molecule has 0 fully saturated rings. The number of nitrogens with one attached hydrogen (secondary N) is 2. The third kappa shape index (κ3) is 6.04. The maximum absolute atomic E-state index is 12.4. The first-order chi connectivity index (χ1) is 12.8. The zero-order valence-electron chi connectivity index (χ0n) is 14.9. The van der Waals surface area contributed by atoms with Crippen LogP contribution in [0.2, 0.25) is 0 Å². The largest absolute Gasteiger partial charge is 0.492 e. The number of hydrogen-bond donors (Lipinski definition) is 3. The molecule has 4 N–H and O–H groups in total. The topological polar surface area (TPSA) is 93.4 Å². The third-order valence-corrected chi connectivity index (χ3v) is 4.26. The lowest BCUT2D eigenvalue weighted by Crippen LogP contribution is -2.34. The number of amides is 2. The van der Waals surface area contributed by atoms with Crippen LogP contribution in [0.3, 0.4) is 0 Å². The van der Waals surface area contributed by atoms with E-state index in [2.05, 4.69) is 40.4 Å². The molecular formula is C19H20BrN3O3S. The second-order valence-corrected chi connectivity index (χ2v) is 7.43. The number of para-hydroxylation sites is 1. The average Bonchev–Trinajstić information content (AvgIpc) is 2.60. The summed E-state index contributed by atoms with van der Waals surface area (Å²) in [6, 6.07) is 11.7. The predicted octanol–water partition coefficient (Wildman–Crippen LogP) is 3.71. The summed E-state index contributed by atoms with van der Waals surface area (Å²) < 4.78 is 6.34. The summed E-state index contributed by atoms with van der Waals surface area (Å²) in [6.07, 6.45) is 0. The average molecular weight is 450 g/mol. The van der Waals surface area contributed by atoms with Gasteiger partial charge in [0.25, 0.3) is 11.8 Å². The monoisotopic (exact) mass is 449 g/mol. The Balaban J connectivity index is 2.03.